The van der Waals surface area contributed by atoms with Crippen molar-refractivity contribution in [2.24, 2.45) is 0 Å². The molecule has 0 atom stereocenters. The van der Waals surface area contributed by atoms with Crippen LogP contribution in [-0.2, 0) is 21.8 Å². The van der Waals surface area contributed by atoms with Crippen LogP contribution in [0.4, 0.5) is 8.78 Å². The summed E-state index contributed by atoms with van der Waals surface area (Å²) in [7, 11) is 0. The van der Waals surface area contributed by atoms with Crippen molar-refractivity contribution in [3.8, 4) is 0 Å². The summed E-state index contributed by atoms with van der Waals surface area (Å²) in [5.41, 5.74) is -0.0687. The summed E-state index contributed by atoms with van der Waals surface area (Å²) < 4.78 is 30.0. The minimum Gasteiger partial charge on any atom is -0.466 e. The maximum atomic E-state index is 12.6. The van der Waals surface area contributed by atoms with Crippen LogP contribution in [0.1, 0.15) is 30.3 Å². The molecular formula is C11H11Cl2F2NO2. The molecule has 3 nitrogen and oxygen atoms in total. The van der Waals surface area contributed by atoms with E-state index in [1.165, 1.54) is 0 Å². The Bertz CT molecular complexity index is 441. The van der Waals surface area contributed by atoms with Gasteiger partial charge in [0.25, 0.3) is 6.43 Å². The molecule has 0 aromatic carbocycles. The molecule has 0 N–H and O–H groups in total. The molecule has 0 aliphatic carbocycles. The number of hydrogen-bond acceptors (Lipinski definition) is 3. The maximum absolute atomic E-state index is 12.6. The van der Waals surface area contributed by atoms with Crippen LogP contribution < -0.4 is 0 Å². The molecule has 0 radical (unpaired) electrons. The summed E-state index contributed by atoms with van der Waals surface area (Å²) in [6, 6.07) is 1.10. The van der Waals surface area contributed by atoms with Crippen LogP contribution in [-0.4, -0.2) is 17.6 Å². The SMILES string of the molecule is CCOC(=O)Cc1cc(C(F)F)nc(CCl)c1Cl. The number of ether oxygens (including phenoxy) is 1. The summed E-state index contributed by atoms with van der Waals surface area (Å²) in [4.78, 5) is 15.0. The molecule has 0 saturated carbocycles. The lowest BCUT2D eigenvalue weighted by molar-refractivity contribution is -0.142. The van der Waals surface area contributed by atoms with Crippen LogP contribution >= 0.6 is 23.2 Å². The molecule has 1 rings (SSSR count). The molecule has 0 fully saturated rings. The van der Waals surface area contributed by atoms with Crippen LogP contribution in [0.2, 0.25) is 5.02 Å². The van der Waals surface area contributed by atoms with Gasteiger partial charge in [0.05, 0.1) is 29.6 Å². The number of esters is 1. The Morgan fingerprint density at radius 2 is 2.22 bits per heavy atom. The lowest BCUT2D eigenvalue weighted by atomic mass is 10.1. The first kappa shape index (κ1) is 15.1. The van der Waals surface area contributed by atoms with Gasteiger partial charge in [0.1, 0.15) is 5.69 Å². The second-order valence-electron chi connectivity index (χ2n) is 3.38. The van der Waals surface area contributed by atoms with E-state index in [1.807, 2.05) is 0 Å². The van der Waals surface area contributed by atoms with E-state index in [0.29, 0.717) is 0 Å². The molecular weight excluding hydrogens is 287 g/mol. The average Bonchev–Trinajstić information content (AvgIpc) is 2.31. The van der Waals surface area contributed by atoms with Crippen LogP contribution in [0, 0.1) is 0 Å². The van der Waals surface area contributed by atoms with Gasteiger partial charge in [-0.05, 0) is 18.6 Å². The number of pyridine rings is 1. The van der Waals surface area contributed by atoms with Gasteiger partial charge in [0, 0.05) is 0 Å². The number of halogens is 4. The fourth-order valence-electron chi connectivity index (χ4n) is 1.36. The first-order valence-corrected chi connectivity index (χ1v) is 6.08. The van der Waals surface area contributed by atoms with E-state index in [-0.39, 0.29) is 35.2 Å². The molecule has 0 bridgehead atoms. The normalized spacial score (nSPS) is 10.8. The Kier molecular flexibility index (Phi) is 5.75. The quantitative estimate of drug-likeness (QED) is 0.617. The van der Waals surface area contributed by atoms with E-state index in [1.54, 1.807) is 6.92 Å². The first-order chi connectivity index (χ1) is 8.49. The second kappa shape index (κ2) is 6.85. The minimum atomic E-state index is -2.75. The van der Waals surface area contributed by atoms with Crippen molar-refractivity contribution in [1.29, 1.82) is 0 Å². The highest BCUT2D eigenvalue weighted by Gasteiger charge is 2.18. The van der Waals surface area contributed by atoms with Crippen LogP contribution in [0.5, 0.6) is 0 Å². The summed E-state index contributed by atoms with van der Waals surface area (Å²) in [5, 5.41) is 0.127. The van der Waals surface area contributed by atoms with Gasteiger partial charge in [0.2, 0.25) is 0 Å². The summed E-state index contributed by atoms with van der Waals surface area (Å²) in [5.74, 6) is -0.638. The fourth-order valence-corrected chi connectivity index (χ4v) is 1.85. The summed E-state index contributed by atoms with van der Waals surface area (Å²) >= 11 is 11.5. The Balaban J connectivity index is 3.08. The van der Waals surface area contributed by atoms with Crippen molar-refractivity contribution >= 4 is 29.2 Å². The van der Waals surface area contributed by atoms with Crippen molar-refractivity contribution in [2.75, 3.05) is 6.61 Å². The predicted molar refractivity (Wildman–Crippen MR) is 64.1 cm³/mol. The molecule has 100 valence electrons. The molecule has 0 saturated heterocycles. The molecule has 0 spiro atoms. The van der Waals surface area contributed by atoms with Crippen molar-refractivity contribution in [3.05, 3.63) is 28.0 Å². The third kappa shape index (κ3) is 3.78. The van der Waals surface area contributed by atoms with Crippen molar-refractivity contribution in [2.45, 2.75) is 25.7 Å². The zero-order valence-corrected chi connectivity index (χ0v) is 11.1. The summed E-state index contributed by atoms with van der Waals surface area (Å²) in [6.45, 7) is 1.87. The highest BCUT2D eigenvalue weighted by Crippen LogP contribution is 2.27. The number of hydrogen-bond donors (Lipinski definition) is 0. The Labute approximate surface area is 113 Å². The third-order valence-electron chi connectivity index (χ3n) is 2.11. The first-order valence-electron chi connectivity index (χ1n) is 5.17. The molecule has 18 heavy (non-hydrogen) atoms. The molecule has 1 aromatic heterocycles. The van der Waals surface area contributed by atoms with Crippen LogP contribution in [0.15, 0.2) is 6.07 Å². The molecule has 1 heterocycles. The van der Waals surface area contributed by atoms with Crippen molar-refractivity contribution < 1.29 is 18.3 Å². The van der Waals surface area contributed by atoms with E-state index >= 15 is 0 Å². The van der Waals surface area contributed by atoms with Crippen LogP contribution in [0.3, 0.4) is 0 Å². The van der Waals surface area contributed by atoms with Gasteiger partial charge in [-0.3, -0.25) is 4.79 Å². The molecule has 1 aromatic rings. The number of carbonyl (C=O) groups excluding carboxylic acids is 1. The van der Waals surface area contributed by atoms with Gasteiger partial charge in [-0.15, -0.1) is 11.6 Å². The van der Waals surface area contributed by atoms with Crippen LogP contribution in [0.25, 0.3) is 0 Å². The Morgan fingerprint density at radius 1 is 1.56 bits per heavy atom. The minimum absolute atomic E-state index is 0.102. The van der Waals surface area contributed by atoms with Gasteiger partial charge in [-0.25, -0.2) is 13.8 Å². The number of carbonyl (C=O) groups is 1. The highest BCUT2D eigenvalue weighted by molar-refractivity contribution is 6.33. The predicted octanol–water partition coefficient (Wildman–Crippen LogP) is 3.52. The summed E-state index contributed by atoms with van der Waals surface area (Å²) in [6.07, 6.45) is -2.93. The number of alkyl halides is 3. The molecule has 7 heteroatoms. The van der Waals surface area contributed by atoms with Crippen molar-refractivity contribution in [3.63, 3.8) is 0 Å². The topological polar surface area (TPSA) is 39.2 Å². The number of nitrogens with zero attached hydrogens (tertiary/aromatic N) is 1. The van der Waals surface area contributed by atoms with Gasteiger partial charge >= 0.3 is 5.97 Å². The fraction of sp³-hybridized carbons (Fsp3) is 0.455. The molecule has 0 unspecified atom stereocenters. The Hall–Kier alpha value is -0.940. The van der Waals surface area contributed by atoms with Gasteiger partial charge < -0.3 is 4.74 Å². The standard InChI is InChI=1S/C11H11Cl2F2NO2/c1-2-18-9(17)4-6-3-7(11(14)15)16-8(5-12)10(6)13/h3,11H,2,4-5H2,1H3. The van der Waals surface area contributed by atoms with E-state index in [0.717, 1.165) is 6.07 Å². The zero-order valence-electron chi connectivity index (χ0n) is 9.55. The molecule has 0 aliphatic heterocycles. The lowest BCUT2D eigenvalue weighted by Crippen LogP contribution is -2.10. The largest absolute Gasteiger partial charge is 0.466 e. The smallest absolute Gasteiger partial charge is 0.310 e. The van der Waals surface area contributed by atoms with Gasteiger partial charge in [-0.1, -0.05) is 11.6 Å². The van der Waals surface area contributed by atoms with Crippen molar-refractivity contribution in [1.82, 2.24) is 4.98 Å². The third-order valence-corrected chi connectivity index (χ3v) is 2.83. The zero-order chi connectivity index (χ0) is 13.7. The van der Waals surface area contributed by atoms with Gasteiger partial charge in [-0.2, -0.15) is 0 Å². The molecule has 0 amide bonds. The second-order valence-corrected chi connectivity index (χ2v) is 4.03. The van der Waals surface area contributed by atoms with E-state index < -0.39 is 18.1 Å². The monoisotopic (exact) mass is 297 g/mol. The number of aromatic nitrogens is 1. The van der Waals surface area contributed by atoms with Gasteiger partial charge in [0.15, 0.2) is 0 Å². The Morgan fingerprint density at radius 3 is 2.72 bits per heavy atom. The van der Waals surface area contributed by atoms with E-state index in [9.17, 15) is 13.6 Å². The van der Waals surface area contributed by atoms with E-state index in [4.69, 9.17) is 27.9 Å². The highest BCUT2D eigenvalue weighted by atomic mass is 35.5. The van der Waals surface area contributed by atoms with E-state index in [2.05, 4.69) is 4.98 Å². The lowest BCUT2D eigenvalue weighted by Gasteiger charge is -2.10. The average molecular weight is 298 g/mol. The maximum Gasteiger partial charge on any atom is 0.310 e. The molecule has 0 aliphatic rings. The number of rotatable bonds is 5.